The molecule has 3 heterocycles. The fraction of sp³-hybridized carbons (Fsp3) is 0.294. The molecule has 1 amide bonds. The highest BCUT2D eigenvalue weighted by molar-refractivity contribution is 8.00. The van der Waals surface area contributed by atoms with E-state index in [-0.39, 0.29) is 11.7 Å². The Morgan fingerprint density at radius 1 is 1.31 bits per heavy atom. The molecule has 0 aromatic carbocycles. The zero-order chi connectivity index (χ0) is 18.5. The number of hydrogen-bond acceptors (Lipinski definition) is 8. The summed E-state index contributed by atoms with van der Waals surface area (Å²) in [5, 5.41) is 7.05. The van der Waals surface area contributed by atoms with Crippen molar-refractivity contribution < 1.29 is 14.3 Å². The Labute approximate surface area is 163 Å². The van der Waals surface area contributed by atoms with E-state index < -0.39 is 5.97 Å². The number of rotatable bonds is 7. The summed E-state index contributed by atoms with van der Waals surface area (Å²) in [7, 11) is 0. The van der Waals surface area contributed by atoms with Crippen molar-refractivity contribution in [1.29, 1.82) is 0 Å². The van der Waals surface area contributed by atoms with Gasteiger partial charge in [0.1, 0.15) is 21.2 Å². The lowest BCUT2D eigenvalue weighted by Gasteiger charge is -2.06. The Morgan fingerprint density at radius 2 is 2.15 bits per heavy atom. The molecule has 3 aromatic heterocycles. The summed E-state index contributed by atoms with van der Waals surface area (Å²) >= 11 is 4.29. The summed E-state index contributed by atoms with van der Waals surface area (Å²) in [6.07, 6.45) is 2.30. The van der Waals surface area contributed by atoms with E-state index in [4.69, 9.17) is 4.74 Å². The molecular formula is C17H17N3O3S3. The standard InChI is InChI=1S/C17H17N3O3S3/c1-3-10-7-12(17(22)23-4-2)16(26-10)20-13(21)8-25-15-11-5-6-24-14(11)18-9-19-15/h5-7,9H,3-4,8H2,1-2H3,(H,20,21). The van der Waals surface area contributed by atoms with Crippen LogP contribution in [-0.4, -0.2) is 34.2 Å². The Hall–Kier alpha value is -1.97. The molecule has 0 aliphatic heterocycles. The number of fused-ring (bicyclic) bond motifs is 1. The van der Waals surface area contributed by atoms with Crippen LogP contribution in [0.5, 0.6) is 0 Å². The molecule has 0 atom stereocenters. The molecule has 0 bridgehead atoms. The maximum absolute atomic E-state index is 12.4. The Kier molecular flexibility index (Phi) is 6.23. The average Bonchev–Trinajstić information content (AvgIpc) is 3.27. The molecule has 9 heteroatoms. The molecule has 0 aliphatic rings. The van der Waals surface area contributed by atoms with Gasteiger partial charge in [0.15, 0.2) is 0 Å². The van der Waals surface area contributed by atoms with Gasteiger partial charge in [0, 0.05) is 10.3 Å². The lowest BCUT2D eigenvalue weighted by atomic mass is 10.2. The van der Waals surface area contributed by atoms with Crippen LogP contribution in [0, 0.1) is 0 Å². The second-order valence-corrected chi connectivity index (χ2v) is 8.18. The predicted octanol–water partition coefficient (Wildman–Crippen LogP) is 4.22. The number of thiophene rings is 2. The molecule has 3 aromatic rings. The third kappa shape index (κ3) is 4.22. The molecule has 26 heavy (non-hydrogen) atoms. The van der Waals surface area contributed by atoms with Gasteiger partial charge in [-0.2, -0.15) is 0 Å². The summed E-state index contributed by atoms with van der Waals surface area (Å²) < 4.78 is 5.07. The van der Waals surface area contributed by atoms with E-state index in [1.165, 1.54) is 40.8 Å². The van der Waals surface area contributed by atoms with Crippen LogP contribution in [-0.2, 0) is 16.0 Å². The first-order chi connectivity index (χ1) is 12.6. The minimum Gasteiger partial charge on any atom is -0.462 e. The van der Waals surface area contributed by atoms with Crippen molar-refractivity contribution in [1.82, 2.24) is 9.97 Å². The van der Waals surface area contributed by atoms with Gasteiger partial charge in [-0.1, -0.05) is 18.7 Å². The molecule has 0 fully saturated rings. The number of aromatic nitrogens is 2. The number of carbonyl (C=O) groups excluding carboxylic acids is 2. The van der Waals surface area contributed by atoms with Crippen molar-refractivity contribution >= 4 is 61.5 Å². The summed E-state index contributed by atoms with van der Waals surface area (Å²) in [6, 6.07) is 3.73. The van der Waals surface area contributed by atoms with Crippen LogP contribution in [0.25, 0.3) is 10.2 Å². The van der Waals surface area contributed by atoms with Gasteiger partial charge < -0.3 is 10.1 Å². The monoisotopic (exact) mass is 407 g/mol. The van der Waals surface area contributed by atoms with Gasteiger partial charge in [-0.3, -0.25) is 4.79 Å². The molecule has 3 rings (SSSR count). The van der Waals surface area contributed by atoms with E-state index in [1.54, 1.807) is 13.0 Å². The highest BCUT2D eigenvalue weighted by Crippen LogP contribution is 2.31. The normalized spacial score (nSPS) is 10.8. The number of esters is 1. The third-order valence-corrected chi connectivity index (χ3v) is 6.47. The second-order valence-electron chi connectivity index (χ2n) is 5.18. The molecule has 0 aliphatic carbocycles. The number of carbonyl (C=O) groups is 2. The average molecular weight is 408 g/mol. The smallest absolute Gasteiger partial charge is 0.341 e. The summed E-state index contributed by atoms with van der Waals surface area (Å²) in [4.78, 5) is 34.8. The highest BCUT2D eigenvalue weighted by atomic mass is 32.2. The van der Waals surface area contributed by atoms with Crippen molar-refractivity contribution in [2.45, 2.75) is 25.3 Å². The van der Waals surface area contributed by atoms with E-state index in [1.807, 2.05) is 18.4 Å². The van der Waals surface area contributed by atoms with E-state index >= 15 is 0 Å². The molecule has 0 saturated heterocycles. The van der Waals surface area contributed by atoms with Crippen molar-refractivity contribution in [2.24, 2.45) is 0 Å². The van der Waals surface area contributed by atoms with Crippen molar-refractivity contribution in [3.63, 3.8) is 0 Å². The van der Waals surface area contributed by atoms with E-state index in [0.717, 1.165) is 26.5 Å². The molecule has 0 unspecified atom stereocenters. The van der Waals surface area contributed by atoms with E-state index in [2.05, 4.69) is 15.3 Å². The first kappa shape index (κ1) is 18.8. The number of thioether (sulfide) groups is 1. The van der Waals surface area contributed by atoms with Crippen molar-refractivity contribution in [3.05, 3.63) is 34.3 Å². The fourth-order valence-electron chi connectivity index (χ4n) is 2.25. The third-order valence-electron chi connectivity index (χ3n) is 3.45. The molecule has 0 spiro atoms. The number of nitrogens with one attached hydrogen (secondary N) is 1. The fourth-order valence-corrected chi connectivity index (χ4v) is 4.83. The number of amides is 1. The van der Waals surface area contributed by atoms with Crippen LogP contribution in [0.3, 0.4) is 0 Å². The van der Waals surface area contributed by atoms with Gasteiger partial charge in [0.25, 0.3) is 0 Å². The van der Waals surface area contributed by atoms with Gasteiger partial charge in [-0.05, 0) is 30.9 Å². The molecule has 0 radical (unpaired) electrons. The Morgan fingerprint density at radius 3 is 2.92 bits per heavy atom. The van der Waals surface area contributed by atoms with Gasteiger partial charge in [-0.25, -0.2) is 14.8 Å². The van der Waals surface area contributed by atoms with Crippen LogP contribution in [0.1, 0.15) is 29.1 Å². The van der Waals surface area contributed by atoms with Gasteiger partial charge in [0.2, 0.25) is 5.91 Å². The van der Waals surface area contributed by atoms with Crippen LogP contribution in [0.15, 0.2) is 28.9 Å². The summed E-state index contributed by atoms with van der Waals surface area (Å²) in [5.74, 6) is -0.405. The lowest BCUT2D eigenvalue weighted by Crippen LogP contribution is -2.16. The predicted molar refractivity (Wildman–Crippen MR) is 106 cm³/mol. The molecule has 0 saturated carbocycles. The maximum atomic E-state index is 12.4. The van der Waals surface area contributed by atoms with Crippen molar-refractivity contribution in [3.8, 4) is 0 Å². The van der Waals surface area contributed by atoms with Crippen LogP contribution >= 0.6 is 34.4 Å². The first-order valence-electron chi connectivity index (χ1n) is 8.03. The molecule has 1 N–H and O–H groups in total. The number of nitrogens with zero attached hydrogens (tertiary/aromatic N) is 2. The first-order valence-corrected chi connectivity index (χ1v) is 10.7. The Bertz CT molecular complexity index is 936. The number of aryl methyl sites for hydroxylation is 1. The van der Waals surface area contributed by atoms with Gasteiger partial charge >= 0.3 is 5.97 Å². The minimum absolute atomic E-state index is 0.188. The van der Waals surface area contributed by atoms with Crippen LogP contribution < -0.4 is 5.32 Å². The lowest BCUT2D eigenvalue weighted by molar-refractivity contribution is -0.113. The largest absolute Gasteiger partial charge is 0.462 e. The number of ether oxygens (including phenoxy) is 1. The molecule has 6 nitrogen and oxygen atoms in total. The van der Waals surface area contributed by atoms with Crippen molar-refractivity contribution in [2.75, 3.05) is 17.7 Å². The zero-order valence-electron chi connectivity index (χ0n) is 14.3. The minimum atomic E-state index is -0.415. The van der Waals surface area contributed by atoms with Gasteiger partial charge in [-0.15, -0.1) is 22.7 Å². The number of anilines is 1. The maximum Gasteiger partial charge on any atom is 0.341 e. The second kappa shape index (κ2) is 8.61. The van der Waals surface area contributed by atoms with E-state index in [9.17, 15) is 9.59 Å². The molecular weight excluding hydrogens is 390 g/mol. The molecule has 136 valence electrons. The SMILES string of the molecule is CCOC(=O)c1cc(CC)sc1NC(=O)CSc1ncnc2sccc12. The van der Waals surface area contributed by atoms with Crippen LogP contribution in [0.4, 0.5) is 5.00 Å². The number of hydrogen-bond donors (Lipinski definition) is 1. The summed E-state index contributed by atoms with van der Waals surface area (Å²) in [5.41, 5.74) is 0.411. The Balaban J connectivity index is 1.69. The topological polar surface area (TPSA) is 81.2 Å². The highest BCUT2D eigenvalue weighted by Gasteiger charge is 2.19. The zero-order valence-corrected chi connectivity index (χ0v) is 16.7. The van der Waals surface area contributed by atoms with Gasteiger partial charge in [0.05, 0.1) is 17.9 Å². The summed E-state index contributed by atoms with van der Waals surface area (Å²) in [6.45, 7) is 4.06. The van der Waals surface area contributed by atoms with Crippen LogP contribution in [0.2, 0.25) is 0 Å². The quantitative estimate of drug-likeness (QED) is 0.359. The van der Waals surface area contributed by atoms with E-state index in [0.29, 0.717) is 17.2 Å².